The summed E-state index contributed by atoms with van der Waals surface area (Å²) in [5.74, 6) is -1.11. The second kappa shape index (κ2) is 12.5. The Kier molecular flexibility index (Phi) is 8.36. The topological polar surface area (TPSA) is 124 Å². The molecule has 0 aliphatic carbocycles. The number of allylic oxidation sites excluding steroid dienone is 2. The number of piperidine rings is 2. The average Bonchev–Trinajstić information content (AvgIpc) is 3.73. The Balaban J connectivity index is 0.887. The van der Waals surface area contributed by atoms with Gasteiger partial charge in [0.2, 0.25) is 23.6 Å². The molecule has 7 rings (SSSR count). The van der Waals surface area contributed by atoms with Gasteiger partial charge in [-0.05, 0) is 74.9 Å². The number of anilines is 1. The van der Waals surface area contributed by atoms with Gasteiger partial charge in [0.05, 0.1) is 0 Å². The van der Waals surface area contributed by atoms with E-state index in [1.165, 1.54) is 4.90 Å². The van der Waals surface area contributed by atoms with E-state index < -0.39 is 18.9 Å². The van der Waals surface area contributed by atoms with Crippen LogP contribution in [0.15, 0.2) is 42.1 Å². The molecule has 1 atom stereocenters. The largest absolute Gasteiger partial charge is 0.737 e. The van der Waals surface area contributed by atoms with Crippen molar-refractivity contribution in [3.63, 3.8) is 0 Å². The van der Waals surface area contributed by atoms with E-state index in [0.29, 0.717) is 59.1 Å². The number of nitrogens with zero attached hydrogens (tertiary/aromatic N) is 4. The minimum Gasteiger partial charge on any atom is -0.394 e. The van der Waals surface area contributed by atoms with E-state index in [-0.39, 0.29) is 68.2 Å². The van der Waals surface area contributed by atoms with E-state index >= 15 is 8.63 Å². The van der Waals surface area contributed by atoms with Gasteiger partial charge in [0.25, 0.3) is 5.91 Å². The van der Waals surface area contributed by atoms with Gasteiger partial charge in [0.1, 0.15) is 11.8 Å². The molecular weight excluding hydrogens is 633 g/mol. The molecule has 5 aliphatic heterocycles. The molecule has 1 aromatic carbocycles. The number of fused-ring (bicyclic) bond motifs is 3. The molecule has 2 N–H and O–H groups in total. The van der Waals surface area contributed by atoms with Crippen molar-refractivity contribution in [2.24, 2.45) is 5.92 Å². The number of halogens is 2. The van der Waals surface area contributed by atoms with Gasteiger partial charge in [-0.1, -0.05) is 6.07 Å². The van der Waals surface area contributed by atoms with E-state index in [1.54, 1.807) is 54.3 Å². The van der Waals surface area contributed by atoms with Crippen molar-refractivity contribution in [3.05, 3.63) is 70.2 Å². The number of benzene rings is 1. The van der Waals surface area contributed by atoms with E-state index in [1.807, 2.05) is 6.92 Å². The summed E-state index contributed by atoms with van der Waals surface area (Å²) in [4.78, 5) is 66.4. The van der Waals surface area contributed by atoms with Gasteiger partial charge < -0.3 is 32.7 Å². The van der Waals surface area contributed by atoms with Crippen LogP contribution in [0.3, 0.4) is 0 Å². The summed E-state index contributed by atoms with van der Waals surface area (Å²) < 4.78 is 33.7. The second-order valence-corrected chi connectivity index (χ2v) is 13.7. The lowest BCUT2D eigenvalue weighted by atomic mass is 9.90. The Morgan fingerprint density at radius 1 is 1.06 bits per heavy atom. The van der Waals surface area contributed by atoms with Crippen molar-refractivity contribution < 1.29 is 37.1 Å². The summed E-state index contributed by atoms with van der Waals surface area (Å²) >= 11 is 0. The number of nitrogens with one attached hydrogen (secondary N) is 2. The van der Waals surface area contributed by atoms with Crippen LogP contribution >= 0.6 is 0 Å². The van der Waals surface area contributed by atoms with Crippen molar-refractivity contribution in [1.82, 2.24) is 19.6 Å². The number of carbonyl (C=O) groups is 5. The maximum Gasteiger partial charge on any atom is 0.737 e. The van der Waals surface area contributed by atoms with Crippen LogP contribution in [-0.2, 0) is 25.7 Å². The predicted octanol–water partition coefficient (Wildman–Crippen LogP) is 3.90. The summed E-state index contributed by atoms with van der Waals surface area (Å²) in [6, 6.07) is 6.15. The highest BCUT2D eigenvalue weighted by molar-refractivity contribution is 6.58. The fourth-order valence-electron chi connectivity index (χ4n) is 8.01. The van der Waals surface area contributed by atoms with Crippen LogP contribution < -0.4 is 10.6 Å². The zero-order valence-electron chi connectivity index (χ0n) is 27.6. The molecule has 0 spiro atoms. The first-order valence-electron chi connectivity index (χ1n) is 17.0. The van der Waals surface area contributed by atoms with E-state index in [9.17, 15) is 24.0 Å². The SMILES string of the molecule is Cc1cc(C)n2c1C=C1C=CC(CCC(=O)N3CCC(CCC(=O)Nc4cccc5c4CN(C4CCC(=O)NC4=O)C5=O)CC3)=[N+]1[B-]2(F)F. The molecule has 2 aromatic rings. The predicted molar refractivity (Wildman–Crippen MR) is 179 cm³/mol. The van der Waals surface area contributed by atoms with Crippen molar-refractivity contribution in [1.29, 1.82) is 0 Å². The Morgan fingerprint density at radius 3 is 2.59 bits per heavy atom. The van der Waals surface area contributed by atoms with Crippen molar-refractivity contribution >= 4 is 54.0 Å². The van der Waals surface area contributed by atoms with Crippen LogP contribution in [0.2, 0.25) is 0 Å². The number of rotatable bonds is 8. The molecule has 14 heteroatoms. The molecule has 256 valence electrons. The van der Waals surface area contributed by atoms with Crippen molar-refractivity contribution in [2.75, 3.05) is 18.4 Å². The molecule has 0 saturated carbocycles. The number of hydrogen-bond donors (Lipinski definition) is 2. The van der Waals surface area contributed by atoms with Gasteiger partial charge in [-0.15, -0.1) is 0 Å². The maximum absolute atomic E-state index is 15.7. The molecule has 1 unspecified atom stereocenters. The number of aromatic nitrogens is 1. The molecule has 2 fully saturated rings. The quantitative estimate of drug-likeness (QED) is 0.326. The monoisotopic (exact) mass is 672 g/mol. The Labute approximate surface area is 282 Å². The van der Waals surface area contributed by atoms with E-state index in [2.05, 4.69) is 10.6 Å². The Hall–Kier alpha value is -4.88. The summed E-state index contributed by atoms with van der Waals surface area (Å²) in [7, 11) is 0. The third-order valence-electron chi connectivity index (χ3n) is 10.6. The van der Waals surface area contributed by atoms with Crippen LogP contribution in [-0.4, -0.2) is 80.1 Å². The highest BCUT2D eigenvalue weighted by Gasteiger charge is 2.52. The molecule has 1 aromatic heterocycles. The third-order valence-corrected chi connectivity index (χ3v) is 10.6. The Bertz CT molecular complexity index is 1890. The van der Waals surface area contributed by atoms with Crippen LogP contribution in [0.4, 0.5) is 14.3 Å². The van der Waals surface area contributed by atoms with Crippen LogP contribution in [0.25, 0.3) is 6.08 Å². The number of hydrogen-bond acceptors (Lipinski definition) is 5. The standard InChI is InChI=1S/C35H39BF2N6O5/c1-21-18-22(2)43-30(21)19-25-8-7-24(44(25)36(43,37)38)9-13-33(47)41-16-14-23(15-17-41)6-11-31(45)39-28-5-3-4-26-27(28)20-42(35(26)49)29-10-12-32(46)40-34(29)48/h3-5,7-8,18-19,23,29H,6,9-17,20H2,1-2H3,(H,39,45)(H,40,46,48). The molecule has 49 heavy (non-hydrogen) atoms. The summed E-state index contributed by atoms with van der Waals surface area (Å²) in [6.07, 6.45) is 8.39. The third kappa shape index (κ3) is 5.91. The molecule has 0 bridgehead atoms. The molecule has 0 radical (unpaired) electrons. The van der Waals surface area contributed by atoms with Crippen LogP contribution in [0.1, 0.15) is 84.2 Å². The maximum atomic E-state index is 15.7. The van der Waals surface area contributed by atoms with Gasteiger partial charge in [-0.3, -0.25) is 29.3 Å². The molecule has 5 aliphatic rings. The molecule has 6 heterocycles. The van der Waals surface area contributed by atoms with Crippen LogP contribution in [0.5, 0.6) is 0 Å². The highest BCUT2D eigenvalue weighted by atomic mass is 19.2. The molecule has 11 nitrogen and oxygen atoms in total. The van der Waals surface area contributed by atoms with E-state index in [0.717, 1.165) is 27.4 Å². The first kappa shape index (κ1) is 32.7. The number of imide groups is 1. The average molecular weight is 673 g/mol. The zero-order valence-corrected chi connectivity index (χ0v) is 27.6. The fraction of sp³-hybridized carbons (Fsp3) is 0.429. The minimum absolute atomic E-state index is 0.0603. The molecule has 2 saturated heterocycles. The van der Waals surface area contributed by atoms with Crippen molar-refractivity contribution in [3.8, 4) is 0 Å². The first-order chi connectivity index (χ1) is 23.4. The number of aryl methyl sites for hydroxylation is 2. The zero-order chi connectivity index (χ0) is 34.6. The Morgan fingerprint density at radius 2 is 1.84 bits per heavy atom. The molecule has 5 amide bonds. The van der Waals surface area contributed by atoms with Gasteiger partial charge in [-0.2, -0.15) is 0 Å². The summed E-state index contributed by atoms with van der Waals surface area (Å²) in [5, 5.41) is 5.24. The summed E-state index contributed by atoms with van der Waals surface area (Å²) in [5.41, 5.74) is 4.36. The lowest BCUT2D eigenvalue weighted by Gasteiger charge is -2.32. The van der Waals surface area contributed by atoms with Gasteiger partial charge in [-0.25, -0.2) is 0 Å². The van der Waals surface area contributed by atoms with Gasteiger partial charge >= 0.3 is 6.97 Å². The minimum atomic E-state index is -4.06. The number of amides is 5. The summed E-state index contributed by atoms with van der Waals surface area (Å²) in [6.45, 7) is 0.742. The number of likely N-dealkylation sites (tertiary alicyclic amines) is 1. The normalized spacial score (nSPS) is 21.4. The smallest absolute Gasteiger partial charge is 0.394 e. The second-order valence-electron chi connectivity index (χ2n) is 13.7. The molecular formula is C35H39BF2N6O5. The first-order valence-corrected chi connectivity index (χ1v) is 17.0. The fourth-order valence-corrected chi connectivity index (χ4v) is 8.01. The van der Waals surface area contributed by atoms with Crippen LogP contribution in [0, 0.1) is 19.8 Å². The van der Waals surface area contributed by atoms with E-state index in [4.69, 9.17) is 0 Å². The lowest BCUT2D eigenvalue weighted by Crippen LogP contribution is -2.52. The number of carbonyl (C=O) groups excluding carboxylic acids is 5. The van der Waals surface area contributed by atoms with Gasteiger partial charge in [0.15, 0.2) is 5.70 Å². The van der Waals surface area contributed by atoms with Crippen molar-refractivity contribution in [2.45, 2.75) is 77.8 Å². The lowest BCUT2D eigenvalue weighted by molar-refractivity contribution is -0.362. The van der Waals surface area contributed by atoms with Gasteiger partial charge in [0, 0.05) is 86.1 Å². The highest BCUT2D eigenvalue weighted by Crippen LogP contribution is 2.35.